The van der Waals surface area contributed by atoms with Gasteiger partial charge in [-0.1, -0.05) is 57.6 Å². The number of hydrogen-bond acceptors (Lipinski definition) is 4. The maximum Gasteiger partial charge on any atom is 0.358 e. The highest BCUT2D eigenvalue weighted by atomic mass is 35.5. The second-order valence-electron chi connectivity index (χ2n) is 5.22. The van der Waals surface area contributed by atoms with Crippen LogP contribution in [-0.2, 0) is 4.74 Å². The summed E-state index contributed by atoms with van der Waals surface area (Å²) in [5.74, 6) is -0.419. The van der Waals surface area contributed by atoms with Gasteiger partial charge in [-0.05, 0) is 19.3 Å². The fourth-order valence-corrected chi connectivity index (χ4v) is 2.23. The lowest BCUT2D eigenvalue weighted by Gasteiger charge is -2.15. The molecule has 0 saturated heterocycles. The summed E-state index contributed by atoms with van der Waals surface area (Å²) in [6.45, 7) is 4.24. The Hall–Kier alpha value is -1.16. The van der Waals surface area contributed by atoms with E-state index >= 15 is 0 Å². The Labute approximate surface area is 132 Å². The Balaban J connectivity index is 2.29. The van der Waals surface area contributed by atoms with Gasteiger partial charge in [0.25, 0.3) is 0 Å². The molecule has 1 aromatic heterocycles. The highest BCUT2D eigenvalue weighted by Crippen LogP contribution is 2.14. The molecule has 0 amide bonds. The minimum absolute atomic E-state index is 0.0406. The van der Waals surface area contributed by atoms with Gasteiger partial charge >= 0.3 is 5.97 Å². The Kier molecular flexibility index (Phi) is 8.99. The van der Waals surface area contributed by atoms with Crippen LogP contribution in [0.1, 0.15) is 75.7 Å². The summed E-state index contributed by atoms with van der Waals surface area (Å²) in [6, 6.07) is 0. The zero-order valence-electron chi connectivity index (χ0n) is 13.0. The second-order valence-corrected chi connectivity index (χ2v) is 5.60. The molecule has 0 aliphatic rings. The van der Waals surface area contributed by atoms with Crippen LogP contribution in [-0.4, -0.2) is 22.0 Å². The number of halogens is 1. The number of ether oxygens (including phenoxy) is 1. The first-order valence-corrected chi connectivity index (χ1v) is 8.23. The second kappa shape index (κ2) is 10.6. The number of unbranched alkanes of at least 4 members (excludes halogenated alkanes) is 5. The lowest BCUT2D eigenvalue weighted by molar-refractivity contribution is 0.0259. The summed E-state index contributed by atoms with van der Waals surface area (Å²) < 4.78 is 5.47. The third-order valence-corrected chi connectivity index (χ3v) is 3.63. The molecule has 0 fully saturated rings. The number of rotatable bonds is 10. The van der Waals surface area contributed by atoms with Gasteiger partial charge in [-0.2, -0.15) is 0 Å². The number of esters is 1. The third-order valence-electron chi connectivity index (χ3n) is 3.44. The monoisotopic (exact) mass is 312 g/mol. The molecule has 1 aromatic rings. The van der Waals surface area contributed by atoms with E-state index < -0.39 is 5.97 Å². The fraction of sp³-hybridized carbons (Fsp3) is 0.688. The third kappa shape index (κ3) is 7.42. The van der Waals surface area contributed by atoms with Gasteiger partial charge in [-0.25, -0.2) is 14.8 Å². The average molecular weight is 313 g/mol. The molecule has 0 N–H and O–H groups in total. The van der Waals surface area contributed by atoms with E-state index in [4.69, 9.17) is 16.3 Å². The summed E-state index contributed by atoms with van der Waals surface area (Å²) >= 11 is 5.64. The predicted octanol–water partition coefficient (Wildman–Crippen LogP) is 4.82. The van der Waals surface area contributed by atoms with Crippen molar-refractivity contribution in [3.05, 3.63) is 23.2 Å². The number of carbonyl (C=O) groups excluding carboxylic acids is 1. The van der Waals surface area contributed by atoms with Crippen LogP contribution in [0, 0.1) is 0 Å². The molecule has 0 radical (unpaired) electrons. The van der Waals surface area contributed by atoms with Crippen LogP contribution in [0.2, 0.25) is 5.15 Å². The van der Waals surface area contributed by atoms with Crippen molar-refractivity contribution in [1.29, 1.82) is 0 Å². The van der Waals surface area contributed by atoms with E-state index in [1.54, 1.807) is 0 Å². The molecule has 0 spiro atoms. The summed E-state index contributed by atoms with van der Waals surface area (Å²) in [4.78, 5) is 19.7. The van der Waals surface area contributed by atoms with E-state index in [0.717, 1.165) is 19.3 Å². The quantitative estimate of drug-likeness (QED) is 0.459. The summed E-state index contributed by atoms with van der Waals surface area (Å²) in [5.41, 5.74) is 0.209. The fourth-order valence-electron chi connectivity index (χ4n) is 2.13. The number of hydrogen-bond donors (Lipinski definition) is 0. The summed E-state index contributed by atoms with van der Waals surface area (Å²) in [7, 11) is 0. The van der Waals surface area contributed by atoms with E-state index in [9.17, 15) is 4.79 Å². The van der Waals surface area contributed by atoms with Crippen molar-refractivity contribution in [2.75, 3.05) is 0 Å². The van der Waals surface area contributed by atoms with Crippen molar-refractivity contribution in [3.63, 3.8) is 0 Å². The number of aromatic nitrogens is 2. The van der Waals surface area contributed by atoms with Crippen molar-refractivity contribution in [2.24, 2.45) is 0 Å². The van der Waals surface area contributed by atoms with Gasteiger partial charge in [0.15, 0.2) is 5.69 Å². The van der Waals surface area contributed by atoms with Crippen molar-refractivity contribution < 1.29 is 9.53 Å². The SMILES string of the molecule is CCCCCCCCC(CC)OC(=O)c1cnc(Cl)cn1. The first-order valence-electron chi connectivity index (χ1n) is 7.85. The number of carbonyl (C=O) groups is 1. The van der Waals surface area contributed by atoms with Crippen molar-refractivity contribution in [3.8, 4) is 0 Å². The topological polar surface area (TPSA) is 52.1 Å². The van der Waals surface area contributed by atoms with E-state index in [-0.39, 0.29) is 17.0 Å². The molecule has 1 unspecified atom stereocenters. The smallest absolute Gasteiger partial charge is 0.358 e. The zero-order chi connectivity index (χ0) is 15.5. The lowest BCUT2D eigenvalue weighted by atomic mass is 10.1. The van der Waals surface area contributed by atoms with Gasteiger partial charge in [0.05, 0.1) is 12.4 Å². The number of nitrogens with zero attached hydrogens (tertiary/aromatic N) is 2. The molecular formula is C16H25ClN2O2. The van der Waals surface area contributed by atoms with Gasteiger partial charge in [-0.15, -0.1) is 0 Å². The van der Waals surface area contributed by atoms with E-state index in [0.29, 0.717) is 0 Å². The van der Waals surface area contributed by atoms with Gasteiger partial charge in [0.1, 0.15) is 11.3 Å². The van der Waals surface area contributed by atoms with Gasteiger partial charge in [0.2, 0.25) is 0 Å². The molecule has 4 nitrogen and oxygen atoms in total. The molecule has 0 aromatic carbocycles. The maximum atomic E-state index is 11.9. The Morgan fingerprint density at radius 1 is 1.14 bits per heavy atom. The maximum absolute atomic E-state index is 11.9. The largest absolute Gasteiger partial charge is 0.458 e. The van der Waals surface area contributed by atoms with Gasteiger partial charge < -0.3 is 4.74 Å². The summed E-state index contributed by atoms with van der Waals surface area (Å²) in [5, 5.41) is 0.269. The normalized spacial score (nSPS) is 12.1. The highest BCUT2D eigenvalue weighted by molar-refractivity contribution is 6.29. The van der Waals surface area contributed by atoms with Crippen LogP contribution in [0.5, 0.6) is 0 Å². The molecule has 0 aliphatic heterocycles. The molecule has 5 heteroatoms. The Morgan fingerprint density at radius 2 is 1.86 bits per heavy atom. The van der Waals surface area contributed by atoms with E-state index in [1.807, 2.05) is 6.92 Å². The van der Waals surface area contributed by atoms with Crippen LogP contribution in [0.25, 0.3) is 0 Å². The van der Waals surface area contributed by atoms with Crippen molar-refractivity contribution >= 4 is 17.6 Å². The van der Waals surface area contributed by atoms with Crippen LogP contribution in [0.4, 0.5) is 0 Å². The lowest BCUT2D eigenvalue weighted by Crippen LogP contribution is -2.18. The first-order chi connectivity index (χ1) is 10.2. The van der Waals surface area contributed by atoms with E-state index in [1.165, 1.54) is 44.5 Å². The Bertz CT molecular complexity index is 409. The van der Waals surface area contributed by atoms with Crippen LogP contribution in [0.15, 0.2) is 12.4 Å². The molecule has 0 saturated carbocycles. The standard InChI is InChI=1S/C16H25ClN2O2/c1-3-5-6-7-8-9-10-13(4-2)21-16(20)14-11-19-15(17)12-18-14/h11-13H,3-10H2,1-2H3. The molecule has 1 heterocycles. The van der Waals surface area contributed by atoms with Crippen LogP contribution >= 0.6 is 11.6 Å². The molecule has 1 rings (SSSR count). The van der Waals surface area contributed by atoms with E-state index in [2.05, 4.69) is 16.9 Å². The minimum Gasteiger partial charge on any atom is -0.458 e. The minimum atomic E-state index is -0.419. The molecule has 1 atom stereocenters. The van der Waals surface area contributed by atoms with Crippen LogP contribution in [0.3, 0.4) is 0 Å². The Morgan fingerprint density at radius 3 is 2.48 bits per heavy atom. The molecule has 21 heavy (non-hydrogen) atoms. The molecule has 0 bridgehead atoms. The predicted molar refractivity (Wildman–Crippen MR) is 84.5 cm³/mol. The molecule has 0 aliphatic carbocycles. The first kappa shape index (κ1) is 17.9. The molecule has 118 valence electrons. The highest BCUT2D eigenvalue weighted by Gasteiger charge is 2.15. The summed E-state index contributed by atoms with van der Waals surface area (Å²) in [6.07, 6.45) is 11.8. The van der Waals surface area contributed by atoms with Crippen molar-refractivity contribution in [1.82, 2.24) is 9.97 Å². The zero-order valence-corrected chi connectivity index (χ0v) is 13.7. The van der Waals surface area contributed by atoms with Crippen molar-refractivity contribution in [2.45, 2.75) is 71.3 Å². The average Bonchev–Trinajstić information content (AvgIpc) is 2.50. The van der Waals surface area contributed by atoms with Gasteiger partial charge in [0, 0.05) is 0 Å². The van der Waals surface area contributed by atoms with Gasteiger partial charge in [-0.3, -0.25) is 0 Å². The van der Waals surface area contributed by atoms with Crippen LogP contribution < -0.4 is 0 Å². The molecular weight excluding hydrogens is 288 g/mol.